The molecule has 0 aliphatic heterocycles. The molecule has 0 aliphatic carbocycles. The van der Waals surface area contributed by atoms with E-state index in [1.165, 1.54) is 12.5 Å². The highest BCUT2D eigenvalue weighted by molar-refractivity contribution is 7.92. The van der Waals surface area contributed by atoms with Gasteiger partial charge in [-0.3, -0.25) is 4.72 Å². The van der Waals surface area contributed by atoms with Crippen molar-refractivity contribution in [2.75, 3.05) is 15.4 Å². The molecule has 0 aliphatic rings. The van der Waals surface area contributed by atoms with Crippen LogP contribution >= 0.6 is 0 Å². The normalized spacial score (nSPS) is 11.4. The van der Waals surface area contributed by atoms with Crippen molar-refractivity contribution in [1.29, 1.82) is 0 Å². The van der Waals surface area contributed by atoms with Crippen LogP contribution in [-0.4, -0.2) is 32.9 Å². The molecule has 0 atom stereocenters. The van der Waals surface area contributed by atoms with Gasteiger partial charge in [0.25, 0.3) is 10.0 Å². The highest BCUT2D eigenvalue weighted by atomic mass is 32.2. The van der Waals surface area contributed by atoms with Gasteiger partial charge >= 0.3 is 0 Å². The van der Waals surface area contributed by atoms with Crippen molar-refractivity contribution in [3.05, 3.63) is 72.6 Å². The smallest absolute Gasteiger partial charge is 0.280 e. The Morgan fingerprint density at radius 3 is 2.18 bits per heavy atom. The zero-order valence-corrected chi connectivity index (χ0v) is 20.1. The van der Waals surface area contributed by atoms with Gasteiger partial charge in [0.05, 0.1) is 6.33 Å². The van der Waals surface area contributed by atoms with Crippen LogP contribution in [0.1, 0.15) is 31.3 Å². The Kier molecular flexibility index (Phi) is 6.46. The number of benzene rings is 1. The second-order valence-corrected chi connectivity index (χ2v) is 9.72. The summed E-state index contributed by atoms with van der Waals surface area (Å²) in [5, 5.41) is 6.37. The summed E-state index contributed by atoms with van der Waals surface area (Å²) < 4.78 is 29.5. The lowest BCUT2D eigenvalue weighted by Gasteiger charge is -2.11. The lowest BCUT2D eigenvalue weighted by Crippen LogP contribution is -2.13. The zero-order valence-electron chi connectivity index (χ0n) is 19.3. The summed E-state index contributed by atoms with van der Waals surface area (Å²) in [5.41, 5.74) is 2.26. The number of aryl methyl sites for hydroxylation is 2. The van der Waals surface area contributed by atoms with Gasteiger partial charge in [-0.1, -0.05) is 0 Å². The Morgan fingerprint density at radius 1 is 0.853 bits per heavy atom. The lowest BCUT2D eigenvalue weighted by molar-refractivity contribution is 0.591. The summed E-state index contributed by atoms with van der Waals surface area (Å²) in [4.78, 5) is 17.1. The summed E-state index contributed by atoms with van der Waals surface area (Å²) >= 11 is 0. The maximum Gasteiger partial charge on any atom is 0.280 e. The molecular weight excluding hydrogens is 452 g/mol. The van der Waals surface area contributed by atoms with Crippen molar-refractivity contribution in [2.45, 2.75) is 38.8 Å². The van der Waals surface area contributed by atoms with Crippen LogP contribution in [0.15, 0.2) is 66.2 Å². The first-order valence-corrected chi connectivity index (χ1v) is 12.1. The van der Waals surface area contributed by atoms with Crippen molar-refractivity contribution in [1.82, 2.24) is 24.5 Å². The van der Waals surface area contributed by atoms with Gasteiger partial charge in [-0.25, -0.2) is 19.9 Å². The largest absolute Gasteiger partial charge is 0.340 e. The minimum absolute atomic E-state index is 0.0250. The summed E-state index contributed by atoms with van der Waals surface area (Å²) in [6.07, 6.45) is 4.75. The van der Waals surface area contributed by atoms with E-state index in [0.717, 1.165) is 11.3 Å². The molecule has 4 aromatic rings. The Morgan fingerprint density at radius 2 is 1.53 bits per heavy atom. The van der Waals surface area contributed by atoms with Gasteiger partial charge in [-0.15, -0.1) is 0 Å². The molecule has 0 spiro atoms. The quantitative estimate of drug-likeness (QED) is 0.337. The van der Waals surface area contributed by atoms with Crippen molar-refractivity contribution in [2.24, 2.45) is 0 Å². The molecule has 0 fully saturated rings. The number of anilines is 5. The molecule has 11 heteroatoms. The highest BCUT2D eigenvalue weighted by Crippen LogP contribution is 2.22. The summed E-state index contributed by atoms with van der Waals surface area (Å²) in [6.45, 7) is 7.70. The predicted octanol–water partition coefficient (Wildman–Crippen LogP) is 4.55. The van der Waals surface area contributed by atoms with Crippen LogP contribution in [0.2, 0.25) is 0 Å². The topological polar surface area (TPSA) is 127 Å². The average Bonchev–Trinajstić information content (AvgIpc) is 3.26. The summed E-state index contributed by atoms with van der Waals surface area (Å²) in [7, 11) is -3.78. The zero-order chi connectivity index (χ0) is 24.3. The molecule has 0 radical (unpaired) electrons. The van der Waals surface area contributed by atoms with Crippen LogP contribution in [0.5, 0.6) is 0 Å². The molecule has 34 heavy (non-hydrogen) atoms. The van der Waals surface area contributed by atoms with Crippen LogP contribution in [0.25, 0.3) is 0 Å². The van der Waals surface area contributed by atoms with E-state index in [4.69, 9.17) is 0 Å². The van der Waals surface area contributed by atoms with Gasteiger partial charge in [0.2, 0.25) is 0 Å². The third kappa shape index (κ3) is 5.67. The van der Waals surface area contributed by atoms with Gasteiger partial charge < -0.3 is 15.2 Å². The Labute approximate surface area is 198 Å². The van der Waals surface area contributed by atoms with E-state index >= 15 is 0 Å². The highest BCUT2D eigenvalue weighted by Gasteiger charge is 2.18. The number of nitrogens with one attached hydrogen (secondary N) is 3. The fourth-order valence-corrected chi connectivity index (χ4v) is 4.14. The summed E-state index contributed by atoms with van der Waals surface area (Å²) in [5.74, 6) is 2.48. The van der Waals surface area contributed by atoms with E-state index < -0.39 is 10.0 Å². The van der Waals surface area contributed by atoms with Crippen molar-refractivity contribution < 1.29 is 8.42 Å². The van der Waals surface area contributed by atoms with Crippen LogP contribution in [-0.2, 0) is 10.0 Å². The number of aromatic nitrogens is 5. The average molecular weight is 479 g/mol. The van der Waals surface area contributed by atoms with Gasteiger partial charge in [-0.05, 0) is 69.7 Å². The fourth-order valence-electron chi connectivity index (χ4n) is 3.15. The van der Waals surface area contributed by atoms with Crippen LogP contribution in [0.4, 0.5) is 28.8 Å². The van der Waals surface area contributed by atoms with Gasteiger partial charge in [0, 0.05) is 35.9 Å². The molecule has 10 nitrogen and oxygen atoms in total. The molecule has 3 N–H and O–H groups in total. The first kappa shape index (κ1) is 23.2. The molecule has 0 bridgehead atoms. The summed E-state index contributed by atoms with van der Waals surface area (Å²) in [6, 6.07) is 12.6. The van der Waals surface area contributed by atoms with E-state index in [-0.39, 0.29) is 11.1 Å². The molecule has 0 saturated carbocycles. The monoisotopic (exact) mass is 478 g/mol. The van der Waals surface area contributed by atoms with Crippen molar-refractivity contribution in [3.63, 3.8) is 0 Å². The third-order valence-electron chi connectivity index (χ3n) is 4.87. The number of rotatable bonds is 8. The number of nitrogens with zero attached hydrogens (tertiary/aromatic N) is 5. The van der Waals surface area contributed by atoms with E-state index in [9.17, 15) is 8.42 Å². The second-order valence-electron chi connectivity index (χ2n) is 8.09. The molecule has 3 heterocycles. The number of hydrogen-bond acceptors (Lipinski definition) is 8. The van der Waals surface area contributed by atoms with E-state index in [0.29, 0.717) is 29.0 Å². The van der Waals surface area contributed by atoms with E-state index in [2.05, 4.69) is 35.3 Å². The van der Waals surface area contributed by atoms with Crippen LogP contribution < -0.4 is 15.4 Å². The van der Waals surface area contributed by atoms with Gasteiger partial charge in [0.1, 0.15) is 23.3 Å². The molecule has 0 amide bonds. The molecule has 0 unspecified atom stereocenters. The van der Waals surface area contributed by atoms with Crippen molar-refractivity contribution in [3.8, 4) is 0 Å². The Bertz CT molecular complexity index is 1400. The predicted molar refractivity (Wildman–Crippen MR) is 132 cm³/mol. The van der Waals surface area contributed by atoms with Gasteiger partial charge in [0.15, 0.2) is 5.03 Å². The number of sulfonamides is 1. The van der Waals surface area contributed by atoms with Gasteiger partial charge in [-0.2, -0.15) is 8.42 Å². The van der Waals surface area contributed by atoms with E-state index in [1.54, 1.807) is 48.0 Å². The van der Waals surface area contributed by atoms with Crippen LogP contribution in [0, 0.1) is 13.8 Å². The third-order valence-corrected chi connectivity index (χ3v) is 6.13. The molecule has 4 rings (SSSR count). The molecule has 3 aromatic heterocycles. The first-order valence-electron chi connectivity index (χ1n) is 10.7. The molecule has 1 aromatic carbocycles. The minimum Gasteiger partial charge on any atom is -0.340 e. The second kappa shape index (κ2) is 9.48. The minimum atomic E-state index is -3.78. The fraction of sp³-hybridized carbons (Fsp3) is 0.217. The maximum atomic E-state index is 12.6. The number of imidazole rings is 1. The standard InChI is InChI=1S/C23H26N8O2S/c1-15(2)31-13-23(25-14-31)34(32,33)30-19-7-5-18(6-8-19)28-21-12-22(27-17(4)26-21)29-20-11-16(3)9-10-24-20/h5-15,30H,1-4H3,(H2,24,26,27,28,29). The molecule has 176 valence electrons. The Balaban J connectivity index is 1.45. The molecule has 0 saturated heterocycles. The SMILES string of the molecule is Cc1ccnc(Nc2cc(Nc3ccc(NS(=O)(=O)c4cn(C(C)C)cn4)cc3)nc(C)n2)c1. The number of hydrogen-bond donors (Lipinski definition) is 3. The Hall–Kier alpha value is -3.99. The van der Waals surface area contributed by atoms with Crippen molar-refractivity contribution >= 4 is 38.9 Å². The first-order chi connectivity index (χ1) is 16.2. The maximum absolute atomic E-state index is 12.6. The van der Waals surface area contributed by atoms with E-state index in [1.807, 2.05) is 32.9 Å². The lowest BCUT2D eigenvalue weighted by atomic mass is 10.3. The number of pyridine rings is 1. The molecular formula is C23H26N8O2S. The van der Waals surface area contributed by atoms with Crippen LogP contribution in [0.3, 0.4) is 0 Å².